The maximum absolute atomic E-state index is 13.5. The Morgan fingerprint density at radius 3 is 2.80 bits per heavy atom. The minimum Gasteiger partial charge on any atom is -0.414 e. The van der Waals surface area contributed by atoms with Crippen LogP contribution in [0.5, 0.6) is 0 Å². The molecule has 2 unspecified atom stereocenters. The molecule has 1 aromatic carbocycles. The zero-order chi connectivity index (χ0) is 14.5. The Morgan fingerprint density at radius 2 is 2.10 bits per heavy atom. The van der Waals surface area contributed by atoms with Crippen LogP contribution < -0.4 is 5.73 Å². The van der Waals surface area contributed by atoms with Gasteiger partial charge in [0.2, 0.25) is 5.89 Å². The number of hydrogen-bond acceptors (Lipinski definition) is 5. The minimum absolute atomic E-state index is 0.226. The van der Waals surface area contributed by atoms with Crippen molar-refractivity contribution in [1.82, 2.24) is 10.2 Å². The number of nitrogens with two attached hydrogens (primary N) is 1. The van der Waals surface area contributed by atoms with Crippen LogP contribution in [-0.4, -0.2) is 10.2 Å². The lowest BCUT2D eigenvalue weighted by Gasteiger charge is -2.13. The van der Waals surface area contributed by atoms with Gasteiger partial charge in [-0.05, 0) is 17.5 Å². The lowest BCUT2D eigenvalue weighted by molar-refractivity contribution is 0.333. The van der Waals surface area contributed by atoms with Crippen LogP contribution in [0, 0.1) is 11.7 Å². The predicted octanol–water partition coefficient (Wildman–Crippen LogP) is 3.55. The first-order valence-corrected chi connectivity index (χ1v) is 7.55. The van der Waals surface area contributed by atoms with Gasteiger partial charge < -0.3 is 10.2 Å². The number of hydrogen-bond donors (Lipinski definition) is 1. The molecule has 6 heteroatoms. The van der Waals surface area contributed by atoms with Crippen LogP contribution >= 0.6 is 11.8 Å². The Bertz CT molecular complexity index is 561. The molecule has 1 aromatic heterocycles. The van der Waals surface area contributed by atoms with Gasteiger partial charge in [-0.1, -0.05) is 50.2 Å². The zero-order valence-electron chi connectivity index (χ0n) is 11.5. The number of benzene rings is 1. The Kier molecular flexibility index (Phi) is 5.14. The molecule has 0 aliphatic carbocycles. The molecular formula is C14H18FN3OS. The van der Waals surface area contributed by atoms with Crippen molar-refractivity contribution in [2.75, 3.05) is 0 Å². The normalized spacial score (nSPS) is 14.2. The molecule has 0 aliphatic heterocycles. The summed E-state index contributed by atoms with van der Waals surface area (Å²) >= 11 is 1.31. The molecule has 0 amide bonds. The van der Waals surface area contributed by atoms with Gasteiger partial charge in [0.1, 0.15) is 5.82 Å². The number of thioether (sulfide) groups is 1. The summed E-state index contributed by atoms with van der Waals surface area (Å²) in [5, 5.41) is 8.32. The van der Waals surface area contributed by atoms with Crippen LogP contribution in [0.3, 0.4) is 0 Å². The van der Waals surface area contributed by atoms with E-state index >= 15 is 0 Å². The van der Waals surface area contributed by atoms with E-state index < -0.39 is 0 Å². The summed E-state index contributed by atoms with van der Waals surface area (Å²) in [6.07, 6.45) is 0.946. The van der Waals surface area contributed by atoms with Gasteiger partial charge in [0.15, 0.2) is 0 Å². The summed E-state index contributed by atoms with van der Waals surface area (Å²) in [5.74, 6) is 0.943. The Hall–Kier alpha value is -1.40. The van der Waals surface area contributed by atoms with Gasteiger partial charge in [-0.3, -0.25) is 0 Å². The van der Waals surface area contributed by atoms with Crippen LogP contribution in [-0.2, 0) is 5.75 Å². The number of aromatic nitrogens is 2. The molecule has 0 saturated heterocycles. The Morgan fingerprint density at radius 1 is 1.35 bits per heavy atom. The first-order chi connectivity index (χ1) is 9.61. The van der Waals surface area contributed by atoms with Crippen LogP contribution in [0.4, 0.5) is 4.39 Å². The fourth-order valence-corrected chi connectivity index (χ4v) is 2.42. The SMILES string of the molecule is CCC(C)C(N)c1nnc(SCc2ccccc2F)o1. The third-order valence-corrected chi connectivity index (χ3v) is 4.14. The van der Waals surface area contributed by atoms with Gasteiger partial charge in [0.25, 0.3) is 5.22 Å². The predicted molar refractivity (Wildman–Crippen MR) is 76.6 cm³/mol. The third kappa shape index (κ3) is 3.58. The van der Waals surface area contributed by atoms with Crippen LogP contribution in [0.25, 0.3) is 0 Å². The zero-order valence-corrected chi connectivity index (χ0v) is 12.4. The van der Waals surface area contributed by atoms with Crippen molar-refractivity contribution in [3.8, 4) is 0 Å². The van der Waals surface area contributed by atoms with Gasteiger partial charge in [0.05, 0.1) is 6.04 Å². The Balaban J connectivity index is 1.98. The van der Waals surface area contributed by atoms with Crippen LogP contribution in [0.15, 0.2) is 33.9 Å². The fourth-order valence-electron chi connectivity index (χ4n) is 1.67. The second-order valence-electron chi connectivity index (χ2n) is 4.70. The lowest BCUT2D eigenvalue weighted by Crippen LogP contribution is -2.18. The molecule has 2 N–H and O–H groups in total. The lowest BCUT2D eigenvalue weighted by atomic mass is 10.0. The van der Waals surface area contributed by atoms with Crippen molar-refractivity contribution < 1.29 is 8.81 Å². The molecule has 2 aromatic rings. The minimum atomic E-state index is -0.254. The van der Waals surface area contributed by atoms with E-state index in [4.69, 9.17) is 10.2 Å². The summed E-state index contributed by atoms with van der Waals surface area (Å²) in [6, 6.07) is 6.39. The van der Waals surface area contributed by atoms with Crippen molar-refractivity contribution in [1.29, 1.82) is 0 Å². The van der Waals surface area contributed by atoms with E-state index in [0.717, 1.165) is 6.42 Å². The second kappa shape index (κ2) is 6.85. The molecule has 0 aliphatic rings. The summed E-state index contributed by atoms with van der Waals surface area (Å²) < 4.78 is 19.0. The molecule has 2 atom stereocenters. The van der Waals surface area contributed by atoms with Crippen LogP contribution in [0.2, 0.25) is 0 Å². The van der Waals surface area contributed by atoms with E-state index in [1.807, 2.05) is 6.92 Å². The van der Waals surface area contributed by atoms with E-state index in [-0.39, 0.29) is 17.8 Å². The fraction of sp³-hybridized carbons (Fsp3) is 0.429. The highest BCUT2D eigenvalue weighted by molar-refractivity contribution is 7.98. The highest BCUT2D eigenvalue weighted by Gasteiger charge is 2.20. The van der Waals surface area contributed by atoms with Crippen molar-refractivity contribution in [2.24, 2.45) is 11.7 Å². The highest BCUT2D eigenvalue weighted by Crippen LogP contribution is 2.26. The molecule has 0 radical (unpaired) electrons. The smallest absolute Gasteiger partial charge is 0.276 e. The van der Waals surface area contributed by atoms with Gasteiger partial charge in [0, 0.05) is 5.75 Å². The van der Waals surface area contributed by atoms with E-state index in [2.05, 4.69) is 17.1 Å². The molecule has 4 nitrogen and oxygen atoms in total. The molecule has 2 rings (SSSR count). The quantitative estimate of drug-likeness (QED) is 0.826. The summed E-state index contributed by atoms with van der Waals surface area (Å²) in [5.41, 5.74) is 6.64. The molecule has 20 heavy (non-hydrogen) atoms. The number of rotatable bonds is 6. The largest absolute Gasteiger partial charge is 0.414 e. The molecule has 108 valence electrons. The molecule has 0 saturated carbocycles. The van der Waals surface area contributed by atoms with Crippen molar-refractivity contribution in [2.45, 2.75) is 37.3 Å². The summed E-state index contributed by atoms with van der Waals surface area (Å²) in [4.78, 5) is 0. The number of halogens is 1. The maximum atomic E-state index is 13.5. The standard InChI is InChI=1S/C14H18FN3OS/c1-3-9(2)12(16)13-17-18-14(19-13)20-8-10-6-4-5-7-11(10)15/h4-7,9,12H,3,8,16H2,1-2H3. The van der Waals surface area contributed by atoms with E-state index in [1.165, 1.54) is 17.8 Å². The Labute approximate surface area is 122 Å². The average Bonchev–Trinajstić information content (AvgIpc) is 2.93. The molecule has 0 bridgehead atoms. The van der Waals surface area contributed by atoms with Crippen molar-refractivity contribution in [3.63, 3.8) is 0 Å². The van der Waals surface area contributed by atoms with E-state index in [1.54, 1.807) is 18.2 Å². The number of nitrogens with zero attached hydrogens (tertiary/aromatic N) is 2. The second-order valence-corrected chi connectivity index (χ2v) is 5.62. The first kappa shape index (κ1) is 15.0. The first-order valence-electron chi connectivity index (χ1n) is 6.57. The molecule has 1 heterocycles. The van der Waals surface area contributed by atoms with E-state index in [0.29, 0.717) is 22.4 Å². The highest BCUT2D eigenvalue weighted by atomic mass is 32.2. The third-order valence-electron chi connectivity index (χ3n) is 3.27. The van der Waals surface area contributed by atoms with Gasteiger partial charge in [-0.2, -0.15) is 0 Å². The molecule has 0 spiro atoms. The summed E-state index contributed by atoms with van der Waals surface area (Å²) in [7, 11) is 0. The van der Waals surface area contributed by atoms with Gasteiger partial charge >= 0.3 is 0 Å². The van der Waals surface area contributed by atoms with Gasteiger partial charge in [-0.25, -0.2) is 4.39 Å². The van der Waals surface area contributed by atoms with E-state index in [9.17, 15) is 4.39 Å². The molecular weight excluding hydrogens is 277 g/mol. The maximum Gasteiger partial charge on any atom is 0.276 e. The van der Waals surface area contributed by atoms with Crippen molar-refractivity contribution in [3.05, 3.63) is 41.5 Å². The van der Waals surface area contributed by atoms with Crippen LogP contribution in [0.1, 0.15) is 37.8 Å². The average molecular weight is 295 g/mol. The monoisotopic (exact) mass is 295 g/mol. The summed E-state index contributed by atoms with van der Waals surface area (Å²) in [6.45, 7) is 4.11. The van der Waals surface area contributed by atoms with Gasteiger partial charge in [-0.15, -0.1) is 10.2 Å². The topological polar surface area (TPSA) is 64.9 Å². The molecule has 0 fully saturated rings. The van der Waals surface area contributed by atoms with Crippen molar-refractivity contribution >= 4 is 11.8 Å².